The van der Waals surface area contributed by atoms with E-state index in [-0.39, 0.29) is 11.9 Å². The lowest BCUT2D eigenvalue weighted by Gasteiger charge is -2.21. The molecule has 0 saturated carbocycles. The zero-order chi connectivity index (χ0) is 21.7. The molecule has 1 aliphatic rings. The van der Waals surface area contributed by atoms with Gasteiger partial charge in [0, 0.05) is 6.04 Å². The van der Waals surface area contributed by atoms with Crippen molar-refractivity contribution < 1.29 is 14.3 Å². The molecule has 0 N–H and O–H groups in total. The number of rotatable bonds is 8. The second kappa shape index (κ2) is 10.1. The number of amides is 1. The molecule has 30 heavy (non-hydrogen) atoms. The van der Waals surface area contributed by atoms with Gasteiger partial charge in [0.2, 0.25) is 0 Å². The summed E-state index contributed by atoms with van der Waals surface area (Å²) in [5.41, 5.74) is 3.20. The van der Waals surface area contributed by atoms with Crippen molar-refractivity contribution in [2.24, 2.45) is 0 Å². The van der Waals surface area contributed by atoms with Crippen LogP contribution in [0.25, 0.3) is 6.08 Å². The lowest BCUT2D eigenvalue weighted by Crippen LogP contribution is -2.36. The Labute approximate surface area is 188 Å². The first-order chi connectivity index (χ1) is 14.4. The number of benzene rings is 2. The molecule has 2 aromatic rings. The zero-order valence-electron chi connectivity index (χ0n) is 17.8. The van der Waals surface area contributed by atoms with E-state index in [1.807, 2.05) is 38.1 Å². The number of hydrogen-bond donors (Lipinski definition) is 0. The lowest BCUT2D eigenvalue weighted by molar-refractivity contribution is -0.123. The number of carbonyl (C=O) groups excluding carboxylic acids is 1. The van der Waals surface area contributed by atoms with Crippen molar-refractivity contribution in [2.45, 2.75) is 46.8 Å². The van der Waals surface area contributed by atoms with Gasteiger partial charge in [0.1, 0.15) is 10.9 Å². The van der Waals surface area contributed by atoms with Gasteiger partial charge in [-0.25, -0.2) is 0 Å². The monoisotopic (exact) mass is 441 g/mol. The fraction of sp³-hybridized carbons (Fsp3) is 0.333. The Morgan fingerprint density at radius 2 is 1.83 bits per heavy atom. The number of hydrogen-bond acceptors (Lipinski definition) is 5. The Hall–Kier alpha value is -2.31. The molecule has 0 radical (unpaired) electrons. The van der Waals surface area contributed by atoms with Crippen molar-refractivity contribution in [3.63, 3.8) is 0 Å². The van der Waals surface area contributed by atoms with Gasteiger partial charge in [-0.15, -0.1) is 0 Å². The largest absolute Gasteiger partial charge is 0.490 e. The molecule has 0 aromatic heterocycles. The predicted octanol–water partition coefficient (Wildman–Crippen LogP) is 5.97. The number of thiocarbonyl (C=S) groups is 1. The predicted molar refractivity (Wildman–Crippen MR) is 128 cm³/mol. The van der Waals surface area contributed by atoms with Crippen molar-refractivity contribution in [3.05, 3.63) is 64.1 Å². The van der Waals surface area contributed by atoms with Gasteiger partial charge in [-0.2, -0.15) is 0 Å². The molecule has 4 nitrogen and oxygen atoms in total. The number of ether oxygens (including phenoxy) is 2. The van der Waals surface area contributed by atoms with Crippen LogP contribution in [-0.4, -0.2) is 27.8 Å². The number of aryl methyl sites for hydroxylation is 1. The Morgan fingerprint density at radius 1 is 1.10 bits per heavy atom. The standard InChI is InChI=1S/C24H27NO3S2/c1-5-17(4)25-23(26)22(30-24(25)29)14-19-11-12-20(21(13-19)27-6-2)28-15-18-9-7-16(3)8-10-18/h7-14,17H,5-6,15H2,1-4H3/b22-14-/t17-/m0/s1. The van der Waals surface area contributed by atoms with Crippen LogP contribution >= 0.6 is 24.0 Å². The minimum Gasteiger partial charge on any atom is -0.490 e. The summed E-state index contributed by atoms with van der Waals surface area (Å²) in [6, 6.07) is 14.1. The Bertz CT molecular complexity index is 953. The van der Waals surface area contributed by atoms with Gasteiger partial charge < -0.3 is 9.47 Å². The van der Waals surface area contributed by atoms with Gasteiger partial charge in [-0.3, -0.25) is 9.69 Å². The lowest BCUT2D eigenvalue weighted by atomic mass is 10.1. The molecule has 0 bridgehead atoms. The molecule has 0 spiro atoms. The summed E-state index contributed by atoms with van der Waals surface area (Å²) in [6.45, 7) is 9.06. The van der Waals surface area contributed by atoms with Crippen molar-refractivity contribution in [1.82, 2.24) is 4.90 Å². The second-order valence-corrected chi connectivity index (χ2v) is 8.90. The molecular weight excluding hydrogens is 414 g/mol. The molecule has 0 unspecified atom stereocenters. The number of thioether (sulfide) groups is 1. The van der Waals surface area contributed by atoms with Crippen LogP contribution in [0.3, 0.4) is 0 Å². The first kappa shape index (κ1) is 22.4. The van der Waals surface area contributed by atoms with E-state index in [4.69, 9.17) is 21.7 Å². The molecule has 6 heteroatoms. The molecule has 0 aliphatic carbocycles. The summed E-state index contributed by atoms with van der Waals surface area (Å²) in [5.74, 6) is 1.31. The van der Waals surface area contributed by atoms with Crippen LogP contribution < -0.4 is 9.47 Å². The van der Waals surface area contributed by atoms with Crippen molar-refractivity contribution in [2.75, 3.05) is 6.61 Å². The van der Waals surface area contributed by atoms with E-state index in [0.29, 0.717) is 33.9 Å². The quantitative estimate of drug-likeness (QED) is 0.373. The fourth-order valence-corrected chi connectivity index (χ4v) is 4.50. The van der Waals surface area contributed by atoms with Gasteiger partial charge in [-0.1, -0.05) is 66.8 Å². The Kier molecular flexibility index (Phi) is 7.56. The molecule has 158 valence electrons. The average Bonchev–Trinajstić information content (AvgIpc) is 3.01. The summed E-state index contributed by atoms with van der Waals surface area (Å²) < 4.78 is 12.4. The highest BCUT2D eigenvalue weighted by atomic mass is 32.2. The molecule has 1 saturated heterocycles. The van der Waals surface area contributed by atoms with E-state index in [1.54, 1.807) is 4.90 Å². The third kappa shape index (κ3) is 5.24. The van der Waals surface area contributed by atoms with E-state index < -0.39 is 0 Å². The minimum atomic E-state index is -0.0305. The first-order valence-electron chi connectivity index (χ1n) is 10.1. The molecular formula is C24H27NO3S2. The second-order valence-electron chi connectivity index (χ2n) is 7.22. The van der Waals surface area contributed by atoms with Crippen LogP contribution in [0.15, 0.2) is 47.4 Å². The van der Waals surface area contributed by atoms with Gasteiger partial charge in [-0.05, 0) is 56.5 Å². The highest BCUT2D eigenvalue weighted by Crippen LogP contribution is 2.36. The summed E-state index contributed by atoms with van der Waals surface area (Å²) >= 11 is 6.76. The van der Waals surface area contributed by atoms with E-state index in [0.717, 1.165) is 17.5 Å². The highest BCUT2D eigenvalue weighted by molar-refractivity contribution is 8.26. The van der Waals surface area contributed by atoms with Gasteiger partial charge in [0.05, 0.1) is 11.5 Å². The van der Waals surface area contributed by atoms with E-state index in [2.05, 4.69) is 38.1 Å². The Morgan fingerprint density at radius 3 is 2.50 bits per heavy atom. The maximum atomic E-state index is 12.8. The van der Waals surface area contributed by atoms with Crippen LogP contribution in [0.1, 0.15) is 43.9 Å². The maximum absolute atomic E-state index is 12.8. The molecule has 1 aliphatic heterocycles. The average molecular weight is 442 g/mol. The first-order valence-corrected chi connectivity index (χ1v) is 11.4. The number of carbonyl (C=O) groups is 1. The summed E-state index contributed by atoms with van der Waals surface area (Å²) in [6.07, 6.45) is 2.73. The van der Waals surface area contributed by atoms with Gasteiger partial charge in [0.25, 0.3) is 5.91 Å². The van der Waals surface area contributed by atoms with Gasteiger partial charge >= 0.3 is 0 Å². The van der Waals surface area contributed by atoms with Crippen LogP contribution in [0.4, 0.5) is 0 Å². The van der Waals surface area contributed by atoms with E-state index >= 15 is 0 Å². The normalized spacial score (nSPS) is 16.3. The molecule has 2 aromatic carbocycles. The highest BCUT2D eigenvalue weighted by Gasteiger charge is 2.34. The molecule has 1 amide bonds. The molecule has 3 rings (SSSR count). The maximum Gasteiger partial charge on any atom is 0.266 e. The third-order valence-corrected chi connectivity index (χ3v) is 6.27. The SMILES string of the molecule is CCOc1cc(/C=C2\SC(=S)N([C@@H](C)CC)C2=O)ccc1OCc1ccc(C)cc1. The van der Waals surface area contributed by atoms with Crippen LogP contribution in [-0.2, 0) is 11.4 Å². The number of nitrogens with zero attached hydrogens (tertiary/aromatic N) is 1. The topological polar surface area (TPSA) is 38.8 Å². The summed E-state index contributed by atoms with van der Waals surface area (Å²) in [5, 5.41) is 0. The Balaban J connectivity index is 1.79. The summed E-state index contributed by atoms with van der Waals surface area (Å²) in [4.78, 5) is 15.1. The zero-order valence-corrected chi connectivity index (χ0v) is 19.4. The fourth-order valence-electron chi connectivity index (χ4n) is 3.04. The smallest absolute Gasteiger partial charge is 0.266 e. The molecule has 1 heterocycles. The summed E-state index contributed by atoms with van der Waals surface area (Å²) in [7, 11) is 0. The van der Waals surface area contributed by atoms with Gasteiger partial charge in [0.15, 0.2) is 11.5 Å². The molecule has 1 fully saturated rings. The van der Waals surface area contributed by atoms with E-state index in [9.17, 15) is 4.79 Å². The van der Waals surface area contributed by atoms with E-state index in [1.165, 1.54) is 17.3 Å². The van der Waals surface area contributed by atoms with Crippen molar-refractivity contribution in [3.8, 4) is 11.5 Å². The van der Waals surface area contributed by atoms with Crippen LogP contribution in [0.2, 0.25) is 0 Å². The van der Waals surface area contributed by atoms with Crippen LogP contribution in [0, 0.1) is 6.92 Å². The third-order valence-electron chi connectivity index (χ3n) is 4.94. The van der Waals surface area contributed by atoms with Crippen molar-refractivity contribution in [1.29, 1.82) is 0 Å². The van der Waals surface area contributed by atoms with Crippen LogP contribution in [0.5, 0.6) is 11.5 Å². The minimum absolute atomic E-state index is 0.0305. The van der Waals surface area contributed by atoms with Crippen molar-refractivity contribution >= 4 is 40.3 Å². The molecule has 1 atom stereocenters.